The van der Waals surface area contributed by atoms with Gasteiger partial charge >= 0.3 is 0 Å². The molecule has 0 fully saturated rings. The molecule has 1 aromatic carbocycles. The molecule has 0 spiro atoms. The number of amides is 1. The number of hydrogen-bond donors (Lipinski definition) is 2. The Kier molecular flexibility index (Phi) is 5.76. The van der Waals surface area contributed by atoms with Gasteiger partial charge in [-0.15, -0.1) is 0 Å². The van der Waals surface area contributed by atoms with Crippen LogP contribution in [0.1, 0.15) is 30.1 Å². The molecule has 1 rings (SSSR count). The van der Waals surface area contributed by atoms with Crippen molar-refractivity contribution in [1.82, 2.24) is 10.2 Å². The van der Waals surface area contributed by atoms with Gasteiger partial charge < -0.3 is 15.3 Å². The third-order valence-electron chi connectivity index (χ3n) is 3.06. The van der Waals surface area contributed by atoms with Crippen LogP contribution in [-0.2, 0) is 0 Å². The molecule has 5 heteroatoms. The lowest BCUT2D eigenvalue weighted by atomic mass is 10.1. The highest BCUT2D eigenvalue weighted by Crippen LogP contribution is 2.16. The summed E-state index contributed by atoms with van der Waals surface area (Å²) < 4.78 is 13.1. The summed E-state index contributed by atoms with van der Waals surface area (Å²) in [6, 6.07) is 3.88. The second-order valence-corrected chi connectivity index (χ2v) is 4.78. The average molecular weight is 268 g/mol. The Morgan fingerprint density at radius 2 is 2.16 bits per heavy atom. The number of likely N-dealkylation sites (N-methyl/N-ethyl adjacent to an activating group) is 1. The molecule has 0 heterocycles. The van der Waals surface area contributed by atoms with Crippen LogP contribution >= 0.6 is 0 Å². The molecular formula is C14H21FN2O2. The van der Waals surface area contributed by atoms with Gasteiger partial charge in [-0.3, -0.25) is 4.79 Å². The molecule has 1 unspecified atom stereocenters. The van der Waals surface area contributed by atoms with E-state index in [1.54, 1.807) is 0 Å². The van der Waals surface area contributed by atoms with Crippen molar-refractivity contribution in [2.24, 2.45) is 0 Å². The topological polar surface area (TPSA) is 52.6 Å². The molecule has 0 aliphatic carbocycles. The highest BCUT2D eigenvalue weighted by atomic mass is 19.1. The van der Waals surface area contributed by atoms with Crippen molar-refractivity contribution < 1.29 is 14.3 Å². The summed E-state index contributed by atoms with van der Waals surface area (Å²) in [6.07, 6.45) is 2.02. The van der Waals surface area contributed by atoms with Crippen molar-refractivity contribution in [3.8, 4) is 5.75 Å². The summed E-state index contributed by atoms with van der Waals surface area (Å²) in [4.78, 5) is 13.9. The zero-order chi connectivity index (χ0) is 14.4. The maximum atomic E-state index is 13.1. The monoisotopic (exact) mass is 268 g/mol. The molecule has 0 aliphatic heterocycles. The van der Waals surface area contributed by atoms with Crippen molar-refractivity contribution >= 4 is 5.91 Å². The fraction of sp³-hybridized carbons (Fsp3) is 0.500. The number of benzene rings is 1. The summed E-state index contributed by atoms with van der Waals surface area (Å²) >= 11 is 0. The highest BCUT2D eigenvalue weighted by molar-refractivity contribution is 5.94. The lowest BCUT2D eigenvalue weighted by Gasteiger charge is -2.24. The second kappa shape index (κ2) is 7.09. The predicted molar refractivity (Wildman–Crippen MR) is 72.8 cm³/mol. The Balaban J connectivity index is 2.61. The highest BCUT2D eigenvalue weighted by Gasteiger charge is 2.13. The summed E-state index contributed by atoms with van der Waals surface area (Å²) in [6.45, 7) is 2.61. The van der Waals surface area contributed by atoms with E-state index in [0.29, 0.717) is 6.54 Å². The van der Waals surface area contributed by atoms with E-state index in [1.807, 2.05) is 14.1 Å². The Hall–Kier alpha value is -1.62. The van der Waals surface area contributed by atoms with Crippen LogP contribution in [0.25, 0.3) is 0 Å². The number of phenolic OH excluding ortho intramolecular Hbond substituents is 1. The lowest BCUT2D eigenvalue weighted by Crippen LogP contribution is -2.40. The summed E-state index contributed by atoms with van der Waals surface area (Å²) in [7, 11) is 3.93. The number of rotatable bonds is 6. The molecule has 1 atom stereocenters. The first-order chi connectivity index (χ1) is 8.95. The van der Waals surface area contributed by atoms with Gasteiger partial charge in [0.15, 0.2) is 11.6 Å². The van der Waals surface area contributed by atoms with E-state index in [2.05, 4.69) is 17.1 Å². The van der Waals surface area contributed by atoms with Crippen LogP contribution in [0, 0.1) is 5.82 Å². The van der Waals surface area contributed by atoms with E-state index < -0.39 is 11.6 Å². The summed E-state index contributed by atoms with van der Waals surface area (Å²) in [5, 5.41) is 11.9. The molecule has 0 aromatic heterocycles. The quantitative estimate of drug-likeness (QED) is 0.829. The molecule has 19 heavy (non-hydrogen) atoms. The third-order valence-corrected chi connectivity index (χ3v) is 3.06. The minimum Gasteiger partial charge on any atom is -0.505 e. The molecular weight excluding hydrogens is 247 g/mol. The molecule has 0 saturated heterocycles. The number of carbonyl (C=O) groups is 1. The summed E-state index contributed by atoms with van der Waals surface area (Å²) in [5.41, 5.74) is 0.212. The minimum absolute atomic E-state index is 0.212. The summed E-state index contributed by atoms with van der Waals surface area (Å²) in [5.74, 6) is -1.57. The number of hydrogen-bond acceptors (Lipinski definition) is 3. The van der Waals surface area contributed by atoms with Crippen LogP contribution in [0.3, 0.4) is 0 Å². The van der Waals surface area contributed by atoms with Crippen molar-refractivity contribution in [3.05, 3.63) is 29.6 Å². The first kappa shape index (κ1) is 15.4. The number of carbonyl (C=O) groups excluding carboxylic acids is 1. The van der Waals surface area contributed by atoms with E-state index in [1.165, 1.54) is 12.1 Å². The van der Waals surface area contributed by atoms with Crippen molar-refractivity contribution in [2.75, 3.05) is 20.6 Å². The van der Waals surface area contributed by atoms with E-state index in [4.69, 9.17) is 5.11 Å². The molecule has 4 nitrogen and oxygen atoms in total. The van der Waals surface area contributed by atoms with Gasteiger partial charge in [-0.05, 0) is 38.7 Å². The van der Waals surface area contributed by atoms with Crippen LogP contribution in [0.15, 0.2) is 18.2 Å². The van der Waals surface area contributed by atoms with Crippen molar-refractivity contribution in [2.45, 2.75) is 25.8 Å². The normalized spacial score (nSPS) is 12.5. The largest absolute Gasteiger partial charge is 0.505 e. The van der Waals surface area contributed by atoms with Crippen LogP contribution < -0.4 is 5.32 Å². The molecule has 0 saturated carbocycles. The second-order valence-electron chi connectivity index (χ2n) is 4.78. The smallest absolute Gasteiger partial charge is 0.251 e. The number of halogens is 1. The number of aromatic hydroxyl groups is 1. The first-order valence-corrected chi connectivity index (χ1v) is 6.38. The Morgan fingerprint density at radius 3 is 2.68 bits per heavy atom. The Bertz CT molecular complexity index is 435. The van der Waals surface area contributed by atoms with E-state index in [-0.39, 0.29) is 17.5 Å². The van der Waals surface area contributed by atoms with Gasteiger partial charge in [-0.1, -0.05) is 13.3 Å². The van der Waals surface area contributed by atoms with Gasteiger partial charge in [-0.25, -0.2) is 4.39 Å². The van der Waals surface area contributed by atoms with E-state index in [9.17, 15) is 9.18 Å². The van der Waals surface area contributed by atoms with Gasteiger partial charge in [0.1, 0.15) is 0 Å². The molecule has 1 amide bonds. The van der Waals surface area contributed by atoms with Crippen molar-refractivity contribution in [1.29, 1.82) is 0 Å². The van der Waals surface area contributed by atoms with Gasteiger partial charge in [0.2, 0.25) is 0 Å². The third kappa shape index (κ3) is 4.52. The predicted octanol–water partition coefficient (Wildman–Crippen LogP) is 1.99. The number of nitrogens with zero attached hydrogens (tertiary/aromatic N) is 1. The van der Waals surface area contributed by atoms with E-state index in [0.717, 1.165) is 18.9 Å². The van der Waals surface area contributed by atoms with E-state index >= 15 is 0 Å². The Labute approximate surface area is 113 Å². The number of nitrogens with one attached hydrogen (secondary N) is 1. The maximum absolute atomic E-state index is 13.1. The van der Waals surface area contributed by atoms with Crippen LogP contribution in [0.4, 0.5) is 4.39 Å². The molecule has 0 bridgehead atoms. The van der Waals surface area contributed by atoms with Crippen LogP contribution in [-0.4, -0.2) is 42.6 Å². The lowest BCUT2D eigenvalue weighted by molar-refractivity contribution is 0.0940. The zero-order valence-corrected chi connectivity index (χ0v) is 11.6. The minimum atomic E-state index is -0.787. The molecule has 1 aromatic rings. The SMILES string of the molecule is CCCC(CNC(=O)c1ccc(O)c(F)c1)N(C)C. The average Bonchev–Trinajstić information content (AvgIpc) is 2.37. The standard InChI is InChI=1S/C14H21FN2O2/c1-4-5-11(17(2)3)9-16-14(19)10-6-7-13(18)12(15)8-10/h6-8,11,18H,4-5,9H2,1-3H3,(H,16,19). The zero-order valence-electron chi connectivity index (χ0n) is 11.6. The van der Waals surface area contributed by atoms with Crippen LogP contribution in [0.2, 0.25) is 0 Å². The molecule has 2 N–H and O–H groups in total. The maximum Gasteiger partial charge on any atom is 0.251 e. The number of phenols is 1. The fourth-order valence-corrected chi connectivity index (χ4v) is 1.84. The van der Waals surface area contributed by atoms with Gasteiger partial charge in [0.05, 0.1) is 0 Å². The molecule has 106 valence electrons. The fourth-order valence-electron chi connectivity index (χ4n) is 1.84. The molecule has 0 aliphatic rings. The Morgan fingerprint density at radius 1 is 1.47 bits per heavy atom. The van der Waals surface area contributed by atoms with Crippen LogP contribution in [0.5, 0.6) is 5.75 Å². The first-order valence-electron chi connectivity index (χ1n) is 6.38. The van der Waals surface area contributed by atoms with Gasteiger partial charge in [-0.2, -0.15) is 0 Å². The molecule has 0 radical (unpaired) electrons. The van der Waals surface area contributed by atoms with Crippen molar-refractivity contribution in [3.63, 3.8) is 0 Å². The van der Waals surface area contributed by atoms with Gasteiger partial charge in [0, 0.05) is 18.2 Å². The van der Waals surface area contributed by atoms with Gasteiger partial charge in [0.25, 0.3) is 5.91 Å².